The molecule has 0 radical (unpaired) electrons. The second kappa shape index (κ2) is 9.04. The molecule has 0 atom stereocenters. The van der Waals surface area contributed by atoms with Crippen LogP contribution in [0.25, 0.3) is 33.8 Å². The van der Waals surface area contributed by atoms with Gasteiger partial charge in [-0.3, -0.25) is 0 Å². The molecule has 154 valence electrons. The number of hydrogen-bond acceptors (Lipinski definition) is 5. The molecule has 3 heterocycles. The van der Waals surface area contributed by atoms with Crippen molar-refractivity contribution < 1.29 is 5.11 Å². The molecule has 3 aromatic heterocycles. The minimum Gasteiger partial charge on any atom is -0.507 e. The monoisotopic (exact) mass is 433 g/mol. The number of nitrogens with zero attached hydrogens (tertiary/aromatic N) is 3. The van der Waals surface area contributed by atoms with Crippen molar-refractivity contribution in [2.45, 2.75) is 10.1 Å². The topological polar surface area (TPSA) is 58.9 Å². The molecule has 0 fully saturated rings. The molecule has 32 heavy (non-hydrogen) atoms. The molecule has 0 aliphatic carbocycles. The smallest absolute Gasteiger partial charge is 0.124 e. The Morgan fingerprint density at radius 1 is 0.562 bits per heavy atom. The van der Waals surface area contributed by atoms with Gasteiger partial charge >= 0.3 is 0 Å². The average Bonchev–Trinajstić information content (AvgIpc) is 2.85. The van der Waals surface area contributed by atoms with Gasteiger partial charge in [0.15, 0.2) is 0 Å². The molecule has 5 rings (SSSR count). The second-order valence-electron chi connectivity index (χ2n) is 7.14. The van der Waals surface area contributed by atoms with E-state index in [1.54, 1.807) is 18.3 Å². The highest BCUT2D eigenvalue weighted by molar-refractivity contribution is 7.99. The number of para-hydroxylation sites is 1. The summed E-state index contributed by atoms with van der Waals surface area (Å²) in [6.45, 7) is 0. The lowest BCUT2D eigenvalue weighted by Gasteiger charge is -2.11. The van der Waals surface area contributed by atoms with Gasteiger partial charge in [0.1, 0.15) is 15.8 Å². The van der Waals surface area contributed by atoms with Crippen LogP contribution in [0.15, 0.2) is 119 Å². The van der Waals surface area contributed by atoms with Crippen LogP contribution in [0.3, 0.4) is 0 Å². The number of pyridine rings is 3. The maximum atomic E-state index is 10.4. The first-order valence-electron chi connectivity index (χ1n) is 10.2. The van der Waals surface area contributed by atoms with Crippen LogP contribution in [-0.2, 0) is 0 Å². The Morgan fingerprint density at radius 3 is 2.12 bits per heavy atom. The van der Waals surface area contributed by atoms with E-state index in [9.17, 15) is 5.11 Å². The zero-order valence-corrected chi connectivity index (χ0v) is 17.9. The van der Waals surface area contributed by atoms with Crippen LogP contribution in [0.2, 0.25) is 0 Å². The summed E-state index contributed by atoms with van der Waals surface area (Å²) in [5.41, 5.74) is 4.98. The van der Waals surface area contributed by atoms with Crippen LogP contribution < -0.4 is 0 Å². The summed E-state index contributed by atoms with van der Waals surface area (Å²) < 4.78 is 0. The van der Waals surface area contributed by atoms with Crippen molar-refractivity contribution in [2.24, 2.45) is 0 Å². The van der Waals surface area contributed by atoms with Gasteiger partial charge in [-0.15, -0.1) is 0 Å². The van der Waals surface area contributed by atoms with Crippen molar-refractivity contribution in [1.29, 1.82) is 0 Å². The number of hydrogen-bond donors (Lipinski definition) is 1. The highest BCUT2D eigenvalue weighted by atomic mass is 32.2. The van der Waals surface area contributed by atoms with Crippen LogP contribution in [0.5, 0.6) is 5.75 Å². The van der Waals surface area contributed by atoms with Gasteiger partial charge in [-0.05, 0) is 48.5 Å². The SMILES string of the molecule is Oc1ccccc1-c1cc(-c2cccc(Sc3ccccn3)n2)cc(-c2ccccc2)n1. The molecule has 0 aliphatic heterocycles. The van der Waals surface area contributed by atoms with E-state index in [4.69, 9.17) is 9.97 Å². The lowest BCUT2D eigenvalue weighted by atomic mass is 10.0. The van der Waals surface area contributed by atoms with E-state index < -0.39 is 0 Å². The zero-order chi connectivity index (χ0) is 21.8. The van der Waals surface area contributed by atoms with Crippen LogP contribution in [0, 0.1) is 0 Å². The number of phenols is 1. The third-order valence-electron chi connectivity index (χ3n) is 4.94. The summed E-state index contributed by atoms with van der Waals surface area (Å²) in [5.74, 6) is 0.198. The van der Waals surface area contributed by atoms with E-state index in [0.717, 1.165) is 32.6 Å². The number of aromatic hydroxyl groups is 1. The van der Waals surface area contributed by atoms with E-state index in [0.29, 0.717) is 11.3 Å². The Kier molecular flexibility index (Phi) is 5.64. The lowest BCUT2D eigenvalue weighted by Crippen LogP contribution is -1.93. The molecule has 0 bridgehead atoms. The van der Waals surface area contributed by atoms with E-state index in [-0.39, 0.29) is 5.75 Å². The minimum absolute atomic E-state index is 0.198. The fourth-order valence-electron chi connectivity index (χ4n) is 3.41. The van der Waals surface area contributed by atoms with E-state index in [1.165, 1.54) is 11.8 Å². The number of rotatable bonds is 5. The van der Waals surface area contributed by atoms with Crippen LogP contribution in [0.1, 0.15) is 0 Å². The Morgan fingerprint density at radius 2 is 1.31 bits per heavy atom. The first-order chi connectivity index (χ1) is 15.8. The molecule has 5 aromatic rings. The first kappa shape index (κ1) is 20.0. The molecule has 0 unspecified atom stereocenters. The Bertz CT molecular complexity index is 1360. The first-order valence-corrected chi connectivity index (χ1v) is 11.0. The molecular formula is C27H19N3OS. The summed E-state index contributed by atoms with van der Waals surface area (Å²) in [5, 5.41) is 12.2. The van der Waals surface area contributed by atoms with Crippen molar-refractivity contribution in [3.8, 4) is 39.5 Å². The van der Waals surface area contributed by atoms with Gasteiger partial charge in [-0.25, -0.2) is 15.0 Å². The zero-order valence-electron chi connectivity index (χ0n) is 17.1. The van der Waals surface area contributed by atoms with Crippen LogP contribution in [-0.4, -0.2) is 20.1 Å². The maximum Gasteiger partial charge on any atom is 0.124 e. The summed E-state index contributed by atoms with van der Waals surface area (Å²) in [7, 11) is 0. The third kappa shape index (κ3) is 4.38. The molecular weight excluding hydrogens is 414 g/mol. The fourth-order valence-corrected chi connectivity index (χ4v) is 4.18. The van der Waals surface area contributed by atoms with E-state index >= 15 is 0 Å². The Hall–Kier alpha value is -3.96. The standard InChI is InChI=1S/C27H19N3OS/c31-25-13-5-4-11-21(25)24-18-20(17-23(29-24)19-9-2-1-3-10-19)22-12-8-15-27(30-22)32-26-14-6-7-16-28-26/h1-18,31H. The highest BCUT2D eigenvalue weighted by Gasteiger charge is 2.12. The van der Waals surface area contributed by atoms with E-state index in [2.05, 4.69) is 4.98 Å². The molecule has 5 heteroatoms. The number of phenolic OH excluding ortho intramolecular Hbond substituents is 1. The highest BCUT2D eigenvalue weighted by Crippen LogP contribution is 2.34. The van der Waals surface area contributed by atoms with Crippen LogP contribution in [0.4, 0.5) is 0 Å². The lowest BCUT2D eigenvalue weighted by molar-refractivity contribution is 0.477. The molecule has 1 N–H and O–H groups in total. The molecule has 0 saturated carbocycles. The maximum absolute atomic E-state index is 10.4. The molecule has 0 spiro atoms. The average molecular weight is 434 g/mol. The quantitative estimate of drug-likeness (QED) is 0.333. The predicted molar refractivity (Wildman–Crippen MR) is 128 cm³/mol. The van der Waals surface area contributed by atoms with Gasteiger partial charge < -0.3 is 5.11 Å². The van der Waals surface area contributed by atoms with Crippen LogP contribution >= 0.6 is 11.8 Å². The summed E-state index contributed by atoms with van der Waals surface area (Å²) >= 11 is 1.52. The van der Waals surface area contributed by atoms with Gasteiger partial charge in [-0.1, -0.05) is 66.4 Å². The Balaban J connectivity index is 1.61. The second-order valence-corrected chi connectivity index (χ2v) is 8.18. The summed E-state index contributed by atoms with van der Waals surface area (Å²) in [4.78, 5) is 14.1. The van der Waals surface area contributed by atoms with Gasteiger partial charge in [0.2, 0.25) is 0 Å². The molecule has 2 aromatic carbocycles. The largest absolute Gasteiger partial charge is 0.507 e. The fraction of sp³-hybridized carbons (Fsp3) is 0. The van der Waals surface area contributed by atoms with Gasteiger partial charge in [-0.2, -0.15) is 0 Å². The van der Waals surface area contributed by atoms with E-state index in [1.807, 2.05) is 91.0 Å². The van der Waals surface area contributed by atoms with Crippen molar-refractivity contribution in [1.82, 2.24) is 15.0 Å². The van der Waals surface area contributed by atoms with Gasteiger partial charge in [0, 0.05) is 22.9 Å². The van der Waals surface area contributed by atoms with Gasteiger partial charge in [0.25, 0.3) is 0 Å². The Labute approximate surface area is 190 Å². The van der Waals surface area contributed by atoms with Gasteiger partial charge in [0.05, 0.1) is 17.1 Å². The molecule has 0 saturated heterocycles. The number of benzene rings is 2. The summed E-state index contributed by atoms with van der Waals surface area (Å²) in [6, 6.07) is 33.1. The molecule has 0 amide bonds. The normalized spacial score (nSPS) is 10.8. The third-order valence-corrected chi connectivity index (χ3v) is 5.83. The van der Waals surface area contributed by atoms with Crippen molar-refractivity contribution in [3.05, 3.63) is 109 Å². The van der Waals surface area contributed by atoms with Crippen molar-refractivity contribution in [2.75, 3.05) is 0 Å². The predicted octanol–water partition coefficient (Wildman–Crippen LogP) is 6.73. The minimum atomic E-state index is 0.198. The summed E-state index contributed by atoms with van der Waals surface area (Å²) in [6.07, 6.45) is 1.78. The van der Waals surface area contributed by atoms with Crippen molar-refractivity contribution >= 4 is 11.8 Å². The van der Waals surface area contributed by atoms with Crippen molar-refractivity contribution in [3.63, 3.8) is 0 Å². The number of aromatic nitrogens is 3. The molecule has 0 aliphatic rings. The molecule has 4 nitrogen and oxygen atoms in total.